The van der Waals surface area contributed by atoms with Crippen molar-refractivity contribution in [2.45, 2.75) is 26.7 Å². The highest BCUT2D eigenvalue weighted by molar-refractivity contribution is 9.11. The molecule has 0 radical (unpaired) electrons. The number of halogens is 2. The van der Waals surface area contributed by atoms with Gasteiger partial charge in [-0.2, -0.15) is 5.10 Å². The number of nitro groups is 1. The largest absolute Gasteiger partial charge is 0.493 e. The first kappa shape index (κ1) is 29.8. The molecule has 0 saturated carbocycles. The first-order valence-electron chi connectivity index (χ1n) is 11.6. The molecule has 0 spiro atoms. The molecule has 0 bridgehead atoms. The van der Waals surface area contributed by atoms with E-state index in [1.807, 2.05) is 26.8 Å². The average molecular weight is 663 g/mol. The Bertz CT molecular complexity index is 1420. The Labute approximate surface area is 241 Å². The molecule has 3 aromatic rings. The van der Waals surface area contributed by atoms with Crippen molar-refractivity contribution in [1.29, 1.82) is 0 Å². The van der Waals surface area contributed by atoms with Crippen molar-refractivity contribution in [2.75, 3.05) is 13.7 Å². The van der Waals surface area contributed by atoms with Crippen molar-refractivity contribution in [3.05, 3.63) is 89.8 Å². The molecule has 3 aromatic carbocycles. The number of methoxy groups -OCH3 is 1. The van der Waals surface area contributed by atoms with Crippen molar-refractivity contribution >= 4 is 55.6 Å². The summed E-state index contributed by atoms with van der Waals surface area (Å²) in [6.07, 6.45) is 1.40. The second-order valence-corrected chi connectivity index (χ2v) is 10.2. The van der Waals surface area contributed by atoms with Gasteiger partial charge in [0, 0.05) is 16.6 Å². The fourth-order valence-corrected chi connectivity index (χ4v) is 4.63. The van der Waals surface area contributed by atoms with Gasteiger partial charge in [0.1, 0.15) is 5.75 Å². The number of hydrogen-bond donors (Lipinski definition) is 1. The number of amides is 1. The van der Waals surface area contributed by atoms with Crippen LogP contribution in [0.1, 0.15) is 46.8 Å². The van der Waals surface area contributed by atoms with E-state index in [9.17, 15) is 19.7 Å². The van der Waals surface area contributed by atoms with Crippen LogP contribution in [-0.4, -0.2) is 36.7 Å². The van der Waals surface area contributed by atoms with E-state index in [0.29, 0.717) is 11.3 Å². The van der Waals surface area contributed by atoms with E-state index in [1.54, 1.807) is 12.1 Å². The number of benzene rings is 3. The molecule has 0 heterocycles. The van der Waals surface area contributed by atoms with E-state index >= 15 is 0 Å². The molecule has 0 unspecified atom stereocenters. The normalized spacial score (nSPS) is 10.9. The molecule has 0 aliphatic rings. The molecule has 10 nitrogen and oxygen atoms in total. The monoisotopic (exact) mass is 661 g/mol. The summed E-state index contributed by atoms with van der Waals surface area (Å²) in [6.45, 7) is 5.77. The maximum Gasteiger partial charge on any atom is 0.343 e. The Morgan fingerprint density at radius 1 is 1.10 bits per heavy atom. The van der Waals surface area contributed by atoms with Crippen LogP contribution in [0.4, 0.5) is 5.69 Å². The predicted molar refractivity (Wildman–Crippen MR) is 153 cm³/mol. The Balaban J connectivity index is 1.62. The molecule has 0 aromatic heterocycles. The standard InChI is InChI=1S/C27H25Br2N3O7/c1-15(2)20-12-21(28)16(3)25(29)26(20)38-14-24(33)31-30-13-17-5-10-22(23(11-17)37-4)39-27(34)18-6-8-19(9-7-18)32(35)36/h5-13,15H,14H2,1-4H3,(H,31,33). The van der Waals surface area contributed by atoms with E-state index in [-0.39, 0.29) is 35.3 Å². The molecular formula is C27H25Br2N3O7. The van der Waals surface area contributed by atoms with Crippen LogP contribution in [0.3, 0.4) is 0 Å². The van der Waals surface area contributed by atoms with Crippen LogP contribution in [0.2, 0.25) is 0 Å². The maximum atomic E-state index is 12.4. The van der Waals surface area contributed by atoms with Crippen molar-refractivity contribution in [1.82, 2.24) is 5.43 Å². The third-order valence-electron chi connectivity index (χ3n) is 5.51. The summed E-state index contributed by atoms with van der Waals surface area (Å²) in [5.74, 6) is 0.0283. The first-order chi connectivity index (χ1) is 18.5. The molecular weight excluding hydrogens is 638 g/mol. The molecule has 1 amide bonds. The summed E-state index contributed by atoms with van der Waals surface area (Å²) in [5.41, 5.74) is 4.91. The average Bonchev–Trinajstić information content (AvgIpc) is 2.91. The summed E-state index contributed by atoms with van der Waals surface area (Å²) in [4.78, 5) is 35.0. The van der Waals surface area contributed by atoms with Gasteiger partial charge in [0.15, 0.2) is 18.1 Å². The maximum absolute atomic E-state index is 12.4. The predicted octanol–water partition coefficient (Wildman–Crippen LogP) is 6.31. The summed E-state index contributed by atoms with van der Waals surface area (Å²) < 4.78 is 18.2. The number of carbonyl (C=O) groups is 2. The number of hydrogen-bond acceptors (Lipinski definition) is 8. The molecule has 39 heavy (non-hydrogen) atoms. The number of esters is 1. The van der Waals surface area contributed by atoms with Gasteiger partial charge in [-0.25, -0.2) is 10.2 Å². The van der Waals surface area contributed by atoms with E-state index in [2.05, 4.69) is 42.4 Å². The Morgan fingerprint density at radius 2 is 1.79 bits per heavy atom. The van der Waals surface area contributed by atoms with Gasteiger partial charge >= 0.3 is 5.97 Å². The smallest absolute Gasteiger partial charge is 0.343 e. The van der Waals surface area contributed by atoms with E-state index < -0.39 is 16.8 Å². The van der Waals surface area contributed by atoms with Crippen LogP contribution >= 0.6 is 31.9 Å². The van der Waals surface area contributed by atoms with Gasteiger partial charge in [-0.1, -0.05) is 29.8 Å². The minimum absolute atomic E-state index is 0.136. The molecule has 12 heteroatoms. The molecule has 3 rings (SSSR count). The van der Waals surface area contributed by atoms with E-state index in [1.165, 1.54) is 43.7 Å². The first-order valence-corrected chi connectivity index (χ1v) is 13.2. The van der Waals surface area contributed by atoms with Gasteiger partial charge in [-0.15, -0.1) is 0 Å². The number of non-ortho nitro benzene ring substituents is 1. The van der Waals surface area contributed by atoms with Crippen LogP contribution in [-0.2, 0) is 4.79 Å². The summed E-state index contributed by atoms with van der Waals surface area (Å²) in [6, 6.07) is 11.7. The lowest BCUT2D eigenvalue weighted by Gasteiger charge is -2.18. The lowest BCUT2D eigenvalue weighted by Crippen LogP contribution is -2.25. The number of ether oxygens (including phenoxy) is 3. The zero-order valence-corrected chi connectivity index (χ0v) is 24.7. The van der Waals surface area contributed by atoms with Crippen LogP contribution in [0, 0.1) is 17.0 Å². The summed E-state index contributed by atoms with van der Waals surface area (Å²) in [7, 11) is 1.41. The molecule has 1 N–H and O–H groups in total. The number of nitro benzene ring substituents is 1. The molecule has 0 fully saturated rings. The molecule has 204 valence electrons. The number of rotatable bonds is 10. The lowest BCUT2D eigenvalue weighted by molar-refractivity contribution is -0.384. The van der Waals surface area contributed by atoms with Gasteiger partial charge in [0.2, 0.25) is 0 Å². The van der Waals surface area contributed by atoms with Crippen LogP contribution in [0.25, 0.3) is 0 Å². The second kappa shape index (κ2) is 13.3. The molecule has 0 saturated heterocycles. The summed E-state index contributed by atoms with van der Waals surface area (Å²) in [5, 5.41) is 14.7. The Morgan fingerprint density at radius 3 is 2.41 bits per heavy atom. The fraction of sp³-hybridized carbons (Fsp3) is 0.222. The number of carbonyl (C=O) groups excluding carboxylic acids is 2. The van der Waals surface area contributed by atoms with Gasteiger partial charge in [0.25, 0.3) is 11.6 Å². The highest BCUT2D eigenvalue weighted by Gasteiger charge is 2.18. The van der Waals surface area contributed by atoms with Crippen molar-refractivity contribution < 1.29 is 28.7 Å². The molecule has 0 aliphatic carbocycles. The third-order valence-corrected chi connectivity index (χ3v) is 7.29. The van der Waals surface area contributed by atoms with Crippen LogP contribution in [0.15, 0.2) is 62.6 Å². The Hall–Kier alpha value is -3.77. The van der Waals surface area contributed by atoms with E-state index in [4.69, 9.17) is 14.2 Å². The third kappa shape index (κ3) is 7.64. The highest BCUT2D eigenvalue weighted by Crippen LogP contribution is 2.40. The molecule has 0 aliphatic heterocycles. The number of nitrogens with zero attached hydrogens (tertiary/aromatic N) is 2. The summed E-state index contributed by atoms with van der Waals surface area (Å²) >= 11 is 7.10. The van der Waals surface area contributed by atoms with Crippen molar-refractivity contribution in [3.8, 4) is 17.2 Å². The number of hydrazone groups is 1. The van der Waals surface area contributed by atoms with Gasteiger partial charge < -0.3 is 14.2 Å². The van der Waals surface area contributed by atoms with Crippen LogP contribution in [0.5, 0.6) is 17.2 Å². The molecule has 0 atom stereocenters. The second-order valence-electron chi connectivity index (χ2n) is 8.56. The van der Waals surface area contributed by atoms with E-state index in [0.717, 1.165) is 20.1 Å². The number of nitrogens with one attached hydrogen (secondary N) is 1. The van der Waals surface area contributed by atoms with Gasteiger partial charge in [-0.3, -0.25) is 14.9 Å². The Kier molecular flexibility index (Phi) is 10.2. The topological polar surface area (TPSA) is 129 Å². The van der Waals surface area contributed by atoms with Crippen LogP contribution < -0.4 is 19.6 Å². The zero-order valence-electron chi connectivity index (χ0n) is 21.5. The highest BCUT2D eigenvalue weighted by atomic mass is 79.9. The van der Waals surface area contributed by atoms with Crippen molar-refractivity contribution in [2.24, 2.45) is 5.10 Å². The minimum atomic E-state index is -0.704. The zero-order chi connectivity index (χ0) is 28.7. The SMILES string of the molecule is COc1cc(C=NNC(=O)COc2c(C(C)C)cc(Br)c(C)c2Br)ccc1OC(=O)c1ccc([N+](=O)[O-])cc1. The fourth-order valence-electron chi connectivity index (χ4n) is 3.36. The van der Waals surface area contributed by atoms with Gasteiger partial charge in [0.05, 0.1) is 28.3 Å². The minimum Gasteiger partial charge on any atom is -0.493 e. The van der Waals surface area contributed by atoms with Gasteiger partial charge in [-0.05, 0) is 81.9 Å². The lowest BCUT2D eigenvalue weighted by atomic mass is 10.0. The quantitative estimate of drug-likeness (QED) is 0.0886. The van der Waals surface area contributed by atoms with Crippen molar-refractivity contribution in [3.63, 3.8) is 0 Å².